The van der Waals surface area contributed by atoms with E-state index >= 15 is 0 Å². The number of hydrogen-bond donors (Lipinski definition) is 3. The minimum absolute atomic E-state index is 0.0735. The van der Waals surface area contributed by atoms with E-state index in [0.717, 1.165) is 0 Å². The van der Waals surface area contributed by atoms with Gasteiger partial charge in [-0.25, -0.2) is 0 Å². The van der Waals surface area contributed by atoms with Crippen LogP contribution in [0.1, 0.15) is 17.3 Å². The molecule has 0 heterocycles. The van der Waals surface area contributed by atoms with E-state index < -0.39 is 5.91 Å². The van der Waals surface area contributed by atoms with Gasteiger partial charge in [0.05, 0.1) is 5.56 Å². The summed E-state index contributed by atoms with van der Waals surface area (Å²) in [7, 11) is 0. The maximum atomic E-state index is 12.1. The average molecular weight is 349 g/mol. The molecule has 2 rings (SSSR count). The van der Waals surface area contributed by atoms with Crippen molar-refractivity contribution in [1.82, 2.24) is 5.32 Å². The normalized spacial score (nSPS) is 10.1. The Balaban J connectivity index is 1.97. The molecule has 0 aromatic heterocycles. The first-order chi connectivity index (χ1) is 11.5. The molecule has 0 saturated heterocycles. The van der Waals surface area contributed by atoms with Gasteiger partial charge >= 0.3 is 0 Å². The van der Waals surface area contributed by atoms with Gasteiger partial charge in [0.1, 0.15) is 11.5 Å². The average Bonchev–Trinajstić information content (AvgIpc) is 2.56. The molecule has 0 aliphatic carbocycles. The summed E-state index contributed by atoms with van der Waals surface area (Å²) in [5.74, 6) is -0.332. The molecule has 6 nitrogen and oxygen atoms in total. The zero-order valence-electron chi connectivity index (χ0n) is 13.0. The summed E-state index contributed by atoms with van der Waals surface area (Å²) in [6.45, 7) is 2.30. The number of halogens is 1. The lowest BCUT2D eigenvalue weighted by atomic mass is 10.2. The van der Waals surface area contributed by atoms with Crippen LogP contribution in [0.2, 0.25) is 5.02 Å². The lowest BCUT2D eigenvalue weighted by Crippen LogP contribution is -2.28. The number of carbonyl (C=O) groups excluding carboxylic acids is 2. The summed E-state index contributed by atoms with van der Waals surface area (Å²) in [6.07, 6.45) is 0. The van der Waals surface area contributed by atoms with Crippen LogP contribution in [-0.4, -0.2) is 30.1 Å². The number of anilines is 1. The van der Waals surface area contributed by atoms with Crippen LogP contribution in [0.4, 0.5) is 5.69 Å². The minimum Gasteiger partial charge on any atom is -0.507 e. The fraction of sp³-hybridized carbons (Fsp3) is 0.176. The summed E-state index contributed by atoms with van der Waals surface area (Å²) >= 11 is 5.83. The molecule has 0 fully saturated rings. The summed E-state index contributed by atoms with van der Waals surface area (Å²) in [4.78, 5) is 23.5. The number of amides is 2. The van der Waals surface area contributed by atoms with E-state index in [1.165, 1.54) is 18.2 Å². The molecule has 2 aromatic carbocycles. The molecule has 2 amide bonds. The Morgan fingerprint density at radius 1 is 1.17 bits per heavy atom. The molecule has 2 aromatic rings. The maximum Gasteiger partial charge on any atom is 0.259 e. The molecule has 0 spiro atoms. The Bertz CT molecular complexity index is 732. The second kappa shape index (κ2) is 8.21. The van der Waals surface area contributed by atoms with Gasteiger partial charge in [-0.2, -0.15) is 0 Å². The van der Waals surface area contributed by atoms with Crippen molar-refractivity contribution in [3.05, 3.63) is 53.1 Å². The summed E-state index contributed by atoms with van der Waals surface area (Å²) in [6, 6.07) is 10.8. The number of ether oxygens (including phenoxy) is 1. The zero-order valence-corrected chi connectivity index (χ0v) is 13.8. The SMILES string of the molecule is CCNC(=O)COc1ccc(NC(=O)c2cc(Cl)ccc2O)cc1. The van der Waals surface area contributed by atoms with Crippen LogP contribution in [0.15, 0.2) is 42.5 Å². The van der Waals surface area contributed by atoms with Gasteiger partial charge in [0, 0.05) is 17.3 Å². The van der Waals surface area contributed by atoms with Crippen molar-refractivity contribution in [2.75, 3.05) is 18.5 Å². The molecular weight excluding hydrogens is 332 g/mol. The van der Waals surface area contributed by atoms with Gasteiger partial charge in [-0.15, -0.1) is 0 Å². The zero-order chi connectivity index (χ0) is 17.5. The molecule has 3 N–H and O–H groups in total. The van der Waals surface area contributed by atoms with E-state index in [-0.39, 0.29) is 23.8 Å². The highest BCUT2D eigenvalue weighted by Crippen LogP contribution is 2.23. The fourth-order valence-electron chi connectivity index (χ4n) is 1.92. The monoisotopic (exact) mass is 348 g/mol. The van der Waals surface area contributed by atoms with Crippen molar-refractivity contribution < 1.29 is 19.4 Å². The van der Waals surface area contributed by atoms with E-state index in [9.17, 15) is 14.7 Å². The van der Waals surface area contributed by atoms with Gasteiger partial charge in [0.2, 0.25) is 0 Å². The molecule has 7 heteroatoms. The first-order valence-electron chi connectivity index (χ1n) is 7.29. The third-order valence-electron chi connectivity index (χ3n) is 3.06. The predicted molar refractivity (Wildman–Crippen MR) is 91.7 cm³/mol. The highest BCUT2D eigenvalue weighted by molar-refractivity contribution is 6.31. The number of carbonyl (C=O) groups is 2. The Morgan fingerprint density at radius 2 is 1.88 bits per heavy atom. The van der Waals surface area contributed by atoms with Crippen molar-refractivity contribution in [3.63, 3.8) is 0 Å². The van der Waals surface area contributed by atoms with Gasteiger partial charge in [-0.05, 0) is 49.4 Å². The van der Waals surface area contributed by atoms with Gasteiger partial charge < -0.3 is 20.5 Å². The summed E-state index contributed by atoms with van der Waals surface area (Å²) in [5.41, 5.74) is 0.601. The minimum atomic E-state index is -0.481. The Hall–Kier alpha value is -2.73. The predicted octanol–water partition coefficient (Wildman–Crippen LogP) is 2.81. The molecule has 0 aliphatic rings. The number of benzene rings is 2. The van der Waals surface area contributed by atoms with Crippen molar-refractivity contribution in [1.29, 1.82) is 0 Å². The summed E-state index contributed by atoms with van der Waals surface area (Å²) in [5, 5.41) is 15.3. The number of likely N-dealkylation sites (N-methyl/N-ethyl adjacent to an activating group) is 1. The smallest absolute Gasteiger partial charge is 0.259 e. The van der Waals surface area contributed by atoms with Crippen molar-refractivity contribution in [2.45, 2.75) is 6.92 Å². The molecule has 24 heavy (non-hydrogen) atoms. The van der Waals surface area contributed by atoms with Gasteiger partial charge in [-0.3, -0.25) is 9.59 Å². The molecule has 0 radical (unpaired) electrons. The van der Waals surface area contributed by atoms with Crippen LogP contribution in [-0.2, 0) is 4.79 Å². The number of aromatic hydroxyl groups is 1. The lowest BCUT2D eigenvalue weighted by Gasteiger charge is -2.09. The highest BCUT2D eigenvalue weighted by atomic mass is 35.5. The van der Waals surface area contributed by atoms with E-state index in [1.807, 2.05) is 6.92 Å². The van der Waals surface area contributed by atoms with Crippen molar-refractivity contribution in [3.8, 4) is 11.5 Å². The topological polar surface area (TPSA) is 87.7 Å². The molecule has 0 saturated carbocycles. The number of nitrogens with one attached hydrogen (secondary N) is 2. The van der Waals surface area contributed by atoms with Crippen LogP contribution in [0, 0.1) is 0 Å². The van der Waals surface area contributed by atoms with E-state index in [2.05, 4.69) is 10.6 Å². The first kappa shape index (κ1) is 17.6. The lowest BCUT2D eigenvalue weighted by molar-refractivity contribution is -0.122. The highest BCUT2D eigenvalue weighted by Gasteiger charge is 2.12. The standard InChI is InChI=1S/C17H17ClN2O4/c1-2-19-16(22)10-24-13-6-4-12(5-7-13)20-17(23)14-9-11(18)3-8-15(14)21/h3-9,21H,2,10H2,1H3,(H,19,22)(H,20,23). The molecule has 126 valence electrons. The number of phenols is 1. The fourth-order valence-corrected chi connectivity index (χ4v) is 2.09. The third kappa shape index (κ3) is 4.89. The molecule has 0 aliphatic heterocycles. The Kier molecular flexibility index (Phi) is 6.03. The molecule has 0 unspecified atom stereocenters. The Labute approximate surface area is 144 Å². The number of rotatable bonds is 6. The quantitative estimate of drug-likeness (QED) is 0.749. The van der Waals surface area contributed by atoms with E-state index in [0.29, 0.717) is 23.0 Å². The molecule has 0 atom stereocenters. The first-order valence-corrected chi connectivity index (χ1v) is 7.67. The van der Waals surface area contributed by atoms with Crippen LogP contribution < -0.4 is 15.4 Å². The van der Waals surface area contributed by atoms with Crippen LogP contribution in [0.3, 0.4) is 0 Å². The second-order valence-electron chi connectivity index (χ2n) is 4.88. The maximum absolute atomic E-state index is 12.1. The van der Waals surface area contributed by atoms with Gasteiger partial charge in [0.15, 0.2) is 6.61 Å². The van der Waals surface area contributed by atoms with Gasteiger partial charge in [-0.1, -0.05) is 11.6 Å². The second-order valence-corrected chi connectivity index (χ2v) is 5.32. The van der Waals surface area contributed by atoms with Gasteiger partial charge in [0.25, 0.3) is 11.8 Å². The summed E-state index contributed by atoms with van der Waals surface area (Å²) < 4.78 is 5.32. The van der Waals surface area contributed by atoms with Crippen LogP contribution >= 0.6 is 11.6 Å². The van der Waals surface area contributed by atoms with E-state index in [4.69, 9.17) is 16.3 Å². The molecular formula is C17H17ClN2O4. The number of phenolic OH excluding ortho intramolecular Hbond substituents is 1. The Morgan fingerprint density at radius 3 is 2.54 bits per heavy atom. The van der Waals surface area contributed by atoms with E-state index in [1.54, 1.807) is 24.3 Å². The largest absolute Gasteiger partial charge is 0.507 e. The third-order valence-corrected chi connectivity index (χ3v) is 3.29. The van der Waals surface area contributed by atoms with Crippen LogP contribution in [0.25, 0.3) is 0 Å². The van der Waals surface area contributed by atoms with Crippen LogP contribution in [0.5, 0.6) is 11.5 Å². The molecule has 0 bridgehead atoms. The van der Waals surface area contributed by atoms with Crippen molar-refractivity contribution in [2.24, 2.45) is 0 Å². The number of hydrogen-bond acceptors (Lipinski definition) is 4. The van der Waals surface area contributed by atoms with Crippen molar-refractivity contribution >= 4 is 29.1 Å².